The van der Waals surface area contributed by atoms with Gasteiger partial charge in [0.1, 0.15) is 0 Å². The molecule has 3 nitrogen and oxygen atoms in total. The Bertz CT molecular complexity index is 402. The van der Waals surface area contributed by atoms with Gasteiger partial charge in [0.2, 0.25) is 0 Å². The predicted octanol–water partition coefficient (Wildman–Crippen LogP) is 2.74. The highest BCUT2D eigenvalue weighted by Crippen LogP contribution is 2.37. The molecule has 1 aliphatic carbocycles. The highest BCUT2D eigenvalue weighted by molar-refractivity contribution is 6.16. The van der Waals surface area contributed by atoms with Crippen molar-refractivity contribution in [3.63, 3.8) is 0 Å². The quantitative estimate of drug-likeness (QED) is 0.765. The maximum atomic E-state index is 5.84. The smallest absolute Gasteiger partial charge is 0.0648 e. The Morgan fingerprint density at radius 1 is 1.33 bits per heavy atom. The highest BCUT2D eigenvalue weighted by atomic mass is 35.5. The zero-order chi connectivity index (χ0) is 13.2. The second-order valence-corrected chi connectivity index (χ2v) is 5.73. The molecule has 1 aromatic rings. The number of likely N-dealkylation sites (N-methyl/N-ethyl adjacent to an activating group) is 2. The summed E-state index contributed by atoms with van der Waals surface area (Å²) in [5.74, 6) is 0.473. The molecule has 0 aromatic carbocycles. The topological polar surface area (TPSA) is 19.4 Å². The summed E-state index contributed by atoms with van der Waals surface area (Å²) >= 11 is 5.84. The SMILES string of the molecule is CN(CC1(N(C)C)CCC1)c1ccnc(CCl)c1. The minimum atomic E-state index is 0.346. The second kappa shape index (κ2) is 5.45. The van der Waals surface area contributed by atoms with Gasteiger partial charge in [0.15, 0.2) is 0 Å². The van der Waals surface area contributed by atoms with Gasteiger partial charge in [0, 0.05) is 31.0 Å². The van der Waals surface area contributed by atoms with Gasteiger partial charge in [0.05, 0.1) is 11.6 Å². The average Bonchev–Trinajstić information content (AvgIpc) is 2.33. The molecule has 0 aliphatic heterocycles. The normalized spacial score (nSPS) is 17.6. The monoisotopic (exact) mass is 267 g/mol. The Morgan fingerprint density at radius 2 is 2.06 bits per heavy atom. The van der Waals surface area contributed by atoms with Crippen LogP contribution in [0, 0.1) is 0 Å². The van der Waals surface area contributed by atoms with Gasteiger partial charge in [-0.15, -0.1) is 11.6 Å². The number of hydrogen-bond donors (Lipinski definition) is 0. The number of nitrogens with zero attached hydrogens (tertiary/aromatic N) is 3. The van der Waals surface area contributed by atoms with Crippen LogP contribution < -0.4 is 4.90 Å². The molecule has 1 saturated carbocycles. The van der Waals surface area contributed by atoms with Crippen molar-refractivity contribution in [2.24, 2.45) is 0 Å². The van der Waals surface area contributed by atoms with E-state index < -0.39 is 0 Å². The van der Waals surface area contributed by atoms with Crippen molar-refractivity contribution in [1.82, 2.24) is 9.88 Å². The maximum Gasteiger partial charge on any atom is 0.0648 e. The third-order valence-corrected chi connectivity index (χ3v) is 4.42. The van der Waals surface area contributed by atoms with Crippen LogP contribution >= 0.6 is 11.6 Å². The third-order valence-electron chi connectivity index (χ3n) is 4.14. The van der Waals surface area contributed by atoms with E-state index >= 15 is 0 Å². The molecule has 100 valence electrons. The molecule has 0 unspecified atom stereocenters. The van der Waals surface area contributed by atoms with Crippen molar-refractivity contribution in [1.29, 1.82) is 0 Å². The molecule has 0 amide bonds. The zero-order valence-corrected chi connectivity index (χ0v) is 12.2. The molecular weight excluding hydrogens is 246 g/mol. The van der Waals surface area contributed by atoms with Gasteiger partial charge in [-0.25, -0.2) is 0 Å². The van der Waals surface area contributed by atoms with E-state index in [-0.39, 0.29) is 0 Å². The van der Waals surface area contributed by atoms with Gasteiger partial charge in [-0.05, 0) is 45.5 Å². The standard InChI is InChI=1S/C14H22ClN3/c1-17(2)14(6-4-7-14)11-18(3)13-5-8-16-12(9-13)10-15/h5,8-9H,4,6-7,10-11H2,1-3H3. The third kappa shape index (κ3) is 2.62. The van der Waals surface area contributed by atoms with Crippen LogP contribution in [-0.2, 0) is 5.88 Å². The van der Waals surface area contributed by atoms with Crippen molar-refractivity contribution in [3.8, 4) is 0 Å². The van der Waals surface area contributed by atoms with E-state index in [1.807, 2.05) is 6.20 Å². The number of halogens is 1. The van der Waals surface area contributed by atoms with E-state index in [1.54, 1.807) is 0 Å². The van der Waals surface area contributed by atoms with Crippen molar-refractivity contribution in [3.05, 3.63) is 24.0 Å². The fraction of sp³-hybridized carbons (Fsp3) is 0.643. The summed E-state index contributed by atoms with van der Waals surface area (Å²) in [4.78, 5) is 8.93. The van der Waals surface area contributed by atoms with E-state index in [0.29, 0.717) is 11.4 Å². The number of rotatable bonds is 5. The van der Waals surface area contributed by atoms with Crippen LogP contribution in [-0.4, -0.2) is 43.1 Å². The molecule has 4 heteroatoms. The number of hydrogen-bond acceptors (Lipinski definition) is 3. The molecule has 0 atom stereocenters. The second-order valence-electron chi connectivity index (χ2n) is 5.47. The summed E-state index contributed by atoms with van der Waals surface area (Å²) in [5.41, 5.74) is 2.49. The van der Waals surface area contributed by atoms with Crippen LogP contribution in [0.25, 0.3) is 0 Å². The number of anilines is 1. The molecule has 0 bridgehead atoms. The lowest BCUT2D eigenvalue weighted by molar-refractivity contribution is 0.0683. The molecule has 1 fully saturated rings. The van der Waals surface area contributed by atoms with Gasteiger partial charge in [-0.3, -0.25) is 4.98 Å². The van der Waals surface area contributed by atoms with Gasteiger partial charge in [0.25, 0.3) is 0 Å². The van der Waals surface area contributed by atoms with E-state index in [4.69, 9.17) is 11.6 Å². The lowest BCUT2D eigenvalue weighted by atomic mass is 9.75. The van der Waals surface area contributed by atoms with Crippen LogP contribution in [0.15, 0.2) is 18.3 Å². The number of pyridine rings is 1. The van der Waals surface area contributed by atoms with Crippen LogP contribution in [0.3, 0.4) is 0 Å². The maximum absolute atomic E-state index is 5.84. The van der Waals surface area contributed by atoms with Gasteiger partial charge in [-0.1, -0.05) is 0 Å². The van der Waals surface area contributed by atoms with Crippen molar-refractivity contribution in [2.45, 2.75) is 30.7 Å². The number of alkyl halides is 1. The van der Waals surface area contributed by atoms with E-state index in [9.17, 15) is 0 Å². The molecule has 0 saturated heterocycles. The fourth-order valence-electron chi connectivity index (χ4n) is 2.64. The van der Waals surface area contributed by atoms with Crippen LogP contribution in [0.4, 0.5) is 5.69 Å². The van der Waals surface area contributed by atoms with Crippen LogP contribution in [0.2, 0.25) is 0 Å². The van der Waals surface area contributed by atoms with Gasteiger partial charge < -0.3 is 9.80 Å². The first-order valence-electron chi connectivity index (χ1n) is 6.47. The molecule has 0 radical (unpaired) electrons. The summed E-state index contributed by atoms with van der Waals surface area (Å²) in [6.45, 7) is 1.06. The molecule has 0 spiro atoms. The molecule has 18 heavy (non-hydrogen) atoms. The Morgan fingerprint density at radius 3 is 2.56 bits per heavy atom. The summed E-state index contributed by atoms with van der Waals surface area (Å²) < 4.78 is 0. The Kier molecular flexibility index (Phi) is 4.13. The first kappa shape index (κ1) is 13.6. The van der Waals surface area contributed by atoms with Gasteiger partial charge >= 0.3 is 0 Å². The fourth-order valence-corrected chi connectivity index (χ4v) is 2.79. The van der Waals surface area contributed by atoms with E-state index in [0.717, 1.165) is 12.2 Å². The van der Waals surface area contributed by atoms with Crippen molar-refractivity contribution >= 4 is 17.3 Å². The Hall–Kier alpha value is -0.800. The average molecular weight is 268 g/mol. The first-order valence-corrected chi connectivity index (χ1v) is 7.00. The van der Waals surface area contributed by atoms with E-state index in [1.165, 1.54) is 24.9 Å². The molecular formula is C14H22ClN3. The summed E-state index contributed by atoms with van der Waals surface area (Å²) in [6.07, 6.45) is 5.76. The highest BCUT2D eigenvalue weighted by Gasteiger charge is 2.39. The zero-order valence-electron chi connectivity index (χ0n) is 11.5. The first-order chi connectivity index (χ1) is 8.57. The van der Waals surface area contributed by atoms with Crippen molar-refractivity contribution in [2.75, 3.05) is 32.6 Å². The molecule has 1 heterocycles. The lowest BCUT2D eigenvalue weighted by Gasteiger charge is -2.49. The molecule has 2 rings (SSSR count). The summed E-state index contributed by atoms with van der Waals surface area (Å²) in [5, 5.41) is 0. The summed E-state index contributed by atoms with van der Waals surface area (Å²) in [6, 6.07) is 4.13. The molecule has 1 aliphatic rings. The lowest BCUT2D eigenvalue weighted by Crippen LogP contribution is -2.56. The van der Waals surface area contributed by atoms with Gasteiger partial charge in [-0.2, -0.15) is 0 Å². The molecule has 1 aromatic heterocycles. The largest absolute Gasteiger partial charge is 0.373 e. The Balaban J connectivity index is 2.09. The predicted molar refractivity (Wildman–Crippen MR) is 77.3 cm³/mol. The van der Waals surface area contributed by atoms with Crippen LogP contribution in [0.1, 0.15) is 25.0 Å². The summed E-state index contributed by atoms with van der Waals surface area (Å²) in [7, 11) is 6.52. The Labute approximate surface area is 115 Å². The van der Waals surface area contributed by atoms with Crippen molar-refractivity contribution < 1.29 is 0 Å². The van der Waals surface area contributed by atoms with Crippen LogP contribution in [0.5, 0.6) is 0 Å². The van der Waals surface area contributed by atoms with E-state index in [2.05, 4.69) is 48.1 Å². The molecule has 0 N–H and O–H groups in total. The minimum absolute atomic E-state index is 0.346. The minimum Gasteiger partial charge on any atom is -0.373 e. The number of aromatic nitrogens is 1.